The second-order valence-electron chi connectivity index (χ2n) is 1.17. The van der Waals surface area contributed by atoms with Crippen molar-refractivity contribution in [3.63, 3.8) is 0 Å². The molecule has 0 bridgehead atoms. The van der Waals surface area contributed by atoms with Gasteiger partial charge in [0.1, 0.15) is 0 Å². The van der Waals surface area contributed by atoms with E-state index in [1.165, 1.54) is 0 Å². The molecule has 7 heavy (non-hydrogen) atoms. The van der Waals surface area contributed by atoms with Gasteiger partial charge in [0.15, 0.2) is 5.76 Å². The molecule has 0 aromatic heterocycles. The highest BCUT2D eigenvalue weighted by Crippen LogP contribution is 1.96. The molecule has 0 unspecified atom stereocenters. The fourth-order valence-corrected chi connectivity index (χ4v) is 0. The van der Waals surface area contributed by atoms with E-state index >= 15 is 0 Å². The van der Waals surface area contributed by atoms with Crippen molar-refractivity contribution in [3.8, 4) is 0 Å². The third-order valence-electron chi connectivity index (χ3n) is 0.425. The number of nitrogens with two attached hydrogens (primary N) is 1. The van der Waals surface area contributed by atoms with Crippen molar-refractivity contribution in [3.05, 3.63) is 12.3 Å². The smallest absolute Gasteiger partial charge is 0.280 e. The fraction of sp³-hybridized carbons (Fsp3) is 0.333. The molecule has 42 valence electrons. The maximum Gasteiger partial charge on any atom is 0.280 e. The van der Waals surface area contributed by atoms with Crippen molar-refractivity contribution in [1.29, 1.82) is 0 Å². The van der Waals surface area contributed by atoms with Gasteiger partial charge in [0.2, 0.25) is 0 Å². The molecule has 0 spiro atoms. The van der Waals surface area contributed by atoms with Crippen LogP contribution in [0.15, 0.2) is 12.3 Å². The Morgan fingerprint density at radius 3 is 1.71 bits per heavy atom. The predicted octanol–water partition coefficient (Wildman–Crippen LogP) is -1.34. The summed E-state index contributed by atoms with van der Waals surface area (Å²) in [5, 5.41) is 24.2. The summed E-state index contributed by atoms with van der Waals surface area (Å²) >= 11 is 0. The van der Waals surface area contributed by atoms with Crippen LogP contribution in [0.5, 0.6) is 0 Å². The number of aliphatic hydroxyl groups excluding tert-OH is 1. The maximum atomic E-state index is 8.08. The van der Waals surface area contributed by atoms with Crippen LogP contribution < -0.4 is 5.73 Å². The molecule has 0 aromatic carbocycles. The first-order chi connectivity index (χ1) is 2.94. The van der Waals surface area contributed by atoms with Gasteiger partial charge in [-0.05, 0) is 0 Å². The van der Waals surface area contributed by atoms with Crippen LogP contribution in [0, 0.1) is 0 Å². The van der Waals surface area contributed by atoms with E-state index in [1.54, 1.807) is 0 Å². The Bertz CT molecular complexity index is 82.7. The first-order valence-corrected chi connectivity index (χ1v) is 1.56. The van der Waals surface area contributed by atoms with Gasteiger partial charge in [-0.1, -0.05) is 6.58 Å². The average molecular weight is 105 g/mol. The minimum Gasteiger partial charge on any atom is -0.506 e. The lowest BCUT2D eigenvalue weighted by Crippen LogP contribution is -2.40. The second-order valence-corrected chi connectivity index (χ2v) is 1.17. The molecular formula is C3H7NO3. The first kappa shape index (κ1) is 6.42. The molecule has 0 aliphatic rings. The van der Waals surface area contributed by atoms with Crippen LogP contribution >= 0.6 is 0 Å². The molecule has 5 N–H and O–H groups in total. The Hall–Kier alpha value is -0.580. The molecular weight excluding hydrogens is 98.0 g/mol. The molecule has 0 aromatic rings. The molecule has 4 heteroatoms. The zero-order valence-electron chi connectivity index (χ0n) is 3.63. The Morgan fingerprint density at radius 1 is 1.57 bits per heavy atom. The lowest BCUT2D eigenvalue weighted by molar-refractivity contribution is -0.145. The third-order valence-corrected chi connectivity index (χ3v) is 0.425. The number of aliphatic hydroxyl groups is 3. The van der Waals surface area contributed by atoms with E-state index in [9.17, 15) is 0 Å². The van der Waals surface area contributed by atoms with Gasteiger partial charge >= 0.3 is 0 Å². The summed E-state index contributed by atoms with van der Waals surface area (Å²) in [4.78, 5) is 0. The Balaban J connectivity index is 3.79. The second kappa shape index (κ2) is 1.49. The lowest BCUT2D eigenvalue weighted by Gasteiger charge is -2.11. The summed E-state index contributed by atoms with van der Waals surface area (Å²) in [7, 11) is 0. The standard InChI is InChI=1S/C3H7NO3/c1-2(5)3(4,6)7/h5-7H,1,4H2. The van der Waals surface area contributed by atoms with E-state index < -0.39 is 11.7 Å². The predicted molar refractivity (Wildman–Crippen MR) is 23.1 cm³/mol. The van der Waals surface area contributed by atoms with Gasteiger partial charge < -0.3 is 15.3 Å². The fourth-order valence-electron chi connectivity index (χ4n) is 0. The van der Waals surface area contributed by atoms with Crippen LogP contribution in [0.3, 0.4) is 0 Å². The zero-order chi connectivity index (χ0) is 6.08. The van der Waals surface area contributed by atoms with Gasteiger partial charge in [0.25, 0.3) is 5.91 Å². The molecule has 0 radical (unpaired) electrons. The van der Waals surface area contributed by atoms with E-state index in [0.29, 0.717) is 0 Å². The van der Waals surface area contributed by atoms with Crippen molar-refractivity contribution in [1.82, 2.24) is 0 Å². The number of hydrogen-bond acceptors (Lipinski definition) is 4. The monoisotopic (exact) mass is 105 g/mol. The van der Waals surface area contributed by atoms with E-state index in [4.69, 9.17) is 15.3 Å². The van der Waals surface area contributed by atoms with Gasteiger partial charge in [-0.2, -0.15) is 0 Å². The summed E-state index contributed by atoms with van der Waals surface area (Å²) in [6.45, 7) is 2.76. The third kappa shape index (κ3) is 2.16. The van der Waals surface area contributed by atoms with Crippen molar-refractivity contribution in [2.75, 3.05) is 0 Å². The molecule has 0 heterocycles. The van der Waals surface area contributed by atoms with Crippen molar-refractivity contribution in [2.45, 2.75) is 5.91 Å². The molecule has 0 atom stereocenters. The first-order valence-electron chi connectivity index (χ1n) is 1.56. The van der Waals surface area contributed by atoms with E-state index in [2.05, 4.69) is 12.3 Å². The summed E-state index contributed by atoms with van der Waals surface area (Å²) < 4.78 is 0. The van der Waals surface area contributed by atoms with Crippen LogP contribution in [0.2, 0.25) is 0 Å². The Morgan fingerprint density at radius 2 is 1.71 bits per heavy atom. The van der Waals surface area contributed by atoms with Crippen LogP contribution in [-0.4, -0.2) is 21.2 Å². The van der Waals surface area contributed by atoms with Crippen molar-refractivity contribution in [2.24, 2.45) is 5.73 Å². The highest BCUT2D eigenvalue weighted by atomic mass is 16.5. The molecule has 0 saturated carbocycles. The van der Waals surface area contributed by atoms with Gasteiger partial charge in [-0.15, -0.1) is 0 Å². The Labute approximate surface area is 40.5 Å². The summed E-state index contributed by atoms with van der Waals surface area (Å²) in [5.74, 6) is -3.51. The molecule has 0 saturated heterocycles. The van der Waals surface area contributed by atoms with E-state index in [-0.39, 0.29) is 0 Å². The minimum atomic E-state index is -2.64. The van der Waals surface area contributed by atoms with E-state index in [0.717, 1.165) is 0 Å². The maximum absolute atomic E-state index is 8.08. The number of rotatable bonds is 1. The zero-order valence-corrected chi connectivity index (χ0v) is 3.63. The molecule has 0 amide bonds. The topological polar surface area (TPSA) is 86.7 Å². The minimum absolute atomic E-state index is 0.868. The highest BCUT2D eigenvalue weighted by molar-refractivity contribution is 4.90. The average Bonchev–Trinajstić information content (AvgIpc) is 1.31. The number of hydrogen-bond donors (Lipinski definition) is 4. The Kier molecular flexibility index (Phi) is 1.37. The highest BCUT2D eigenvalue weighted by Gasteiger charge is 2.18. The lowest BCUT2D eigenvalue weighted by atomic mass is 10.4. The SMILES string of the molecule is C=C(O)C(N)(O)O. The van der Waals surface area contributed by atoms with Crippen LogP contribution in [0.1, 0.15) is 0 Å². The summed E-state index contributed by atoms with van der Waals surface area (Å²) in [5.41, 5.74) is 4.44. The summed E-state index contributed by atoms with van der Waals surface area (Å²) in [6.07, 6.45) is 0. The normalized spacial score (nSPS) is 11.3. The van der Waals surface area contributed by atoms with Gasteiger partial charge in [-0.3, -0.25) is 5.73 Å². The van der Waals surface area contributed by atoms with Gasteiger partial charge in [0.05, 0.1) is 0 Å². The van der Waals surface area contributed by atoms with Gasteiger partial charge in [-0.25, -0.2) is 0 Å². The quantitative estimate of drug-likeness (QED) is 0.245. The molecule has 0 rings (SSSR count). The molecule has 0 aliphatic carbocycles. The molecule has 0 aliphatic heterocycles. The van der Waals surface area contributed by atoms with Gasteiger partial charge in [0, 0.05) is 0 Å². The van der Waals surface area contributed by atoms with Crippen LogP contribution in [0.4, 0.5) is 0 Å². The largest absolute Gasteiger partial charge is 0.506 e. The van der Waals surface area contributed by atoms with Crippen molar-refractivity contribution < 1.29 is 15.3 Å². The van der Waals surface area contributed by atoms with Crippen LogP contribution in [0.25, 0.3) is 0 Å². The summed E-state index contributed by atoms with van der Waals surface area (Å²) in [6, 6.07) is 0. The van der Waals surface area contributed by atoms with Crippen LogP contribution in [-0.2, 0) is 0 Å². The molecule has 4 nitrogen and oxygen atoms in total. The van der Waals surface area contributed by atoms with E-state index in [1.807, 2.05) is 0 Å². The molecule has 0 fully saturated rings. The van der Waals surface area contributed by atoms with Crippen molar-refractivity contribution >= 4 is 0 Å².